The molecule has 0 radical (unpaired) electrons. The van der Waals surface area contributed by atoms with Crippen molar-refractivity contribution >= 4 is 72.9 Å². The molecule has 0 N–H and O–H groups in total. The Hall–Kier alpha value is -3.17. The normalized spacial score (nSPS) is 11.8. The summed E-state index contributed by atoms with van der Waals surface area (Å²) in [5.41, 5.74) is -0.157. The number of carbonyl (C=O) groups is 1. The second-order valence-electron chi connectivity index (χ2n) is 11.1. The Morgan fingerprint density at radius 3 is 1.38 bits per heavy atom. The standard InChI is InChI=1S/C29H22F2I2N4O3/c1-28(2,3)23-21(32)15-7-13(11-34)19(30)9-17(15)25(36-23)39-27(38)40-26-18-10-20(31)14(12-35)8-16(18)22(33)24(37-26)29(4,5)6/h7-10H,1-6H3. The van der Waals surface area contributed by atoms with E-state index in [1.54, 1.807) is 0 Å². The van der Waals surface area contributed by atoms with Crippen molar-refractivity contribution in [1.29, 1.82) is 10.5 Å². The Balaban J connectivity index is 1.87. The van der Waals surface area contributed by atoms with Crippen LogP contribution in [0.3, 0.4) is 0 Å². The molecule has 4 rings (SSSR count). The van der Waals surface area contributed by atoms with Crippen LogP contribution < -0.4 is 9.47 Å². The number of benzene rings is 2. The van der Waals surface area contributed by atoms with Gasteiger partial charge in [0, 0.05) is 39.5 Å². The van der Waals surface area contributed by atoms with E-state index in [0.717, 1.165) is 12.1 Å². The lowest BCUT2D eigenvalue weighted by Crippen LogP contribution is -2.21. The first-order valence-electron chi connectivity index (χ1n) is 11.9. The molecule has 2 aromatic heterocycles. The van der Waals surface area contributed by atoms with Gasteiger partial charge >= 0.3 is 6.16 Å². The number of pyridine rings is 2. The van der Waals surface area contributed by atoms with Crippen LogP contribution in [-0.4, -0.2) is 16.1 Å². The minimum atomic E-state index is -1.22. The zero-order valence-corrected chi connectivity index (χ0v) is 26.6. The van der Waals surface area contributed by atoms with E-state index in [9.17, 15) is 24.1 Å². The first-order valence-corrected chi connectivity index (χ1v) is 14.1. The number of nitriles is 2. The fourth-order valence-corrected chi connectivity index (χ4v) is 6.79. The average Bonchev–Trinajstić information content (AvgIpc) is 2.85. The van der Waals surface area contributed by atoms with Crippen LogP contribution in [0.4, 0.5) is 13.6 Å². The molecule has 0 bridgehead atoms. The maximum Gasteiger partial charge on any atom is 0.522 e. The van der Waals surface area contributed by atoms with E-state index in [-0.39, 0.29) is 33.7 Å². The number of ether oxygens (including phenoxy) is 2. The van der Waals surface area contributed by atoms with E-state index in [1.807, 2.05) is 53.7 Å². The molecule has 0 saturated heterocycles. The molecule has 0 unspecified atom stereocenters. The van der Waals surface area contributed by atoms with E-state index in [4.69, 9.17) is 9.47 Å². The number of fused-ring (bicyclic) bond motifs is 2. The third-order valence-electron chi connectivity index (χ3n) is 6.01. The van der Waals surface area contributed by atoms with Crippen molar-refractivity contribution in [2.45, 2.75) is 52.4 Å². The smallest absolute Gasteiger partial charge is 0.375 e. The van der Waals surface area contributed by atoms with Crippen molar-refractivity contribution < 1.29 is 23.0 Å². The van der Waals surface area contributed by atoms with Gasteiger partial charge in [0.05, 0.1) is 22.5 Å². The van der Waals surface area contributed by atoms with Crippen molar-refractivity contribution in [3.05, 3.63) is 65.6 Å². The summed E-state index contributed by atoms with van der Waals surface area (Å²) in [6, 6.07) is 8.61. The molecule has 0 aliphatic rings. The van der Waals surface area contributed by atoms with Gasteiger partial charge in [-0.1, -0.05) is 41.5 Å². The summed E-state index contributed by atoms with van der Waals surface area (Å²) in [7, 11) is 0. The molecule has 0 atom stereocenters. The summed E-state index contributed by atoms with van der Waals surface area (Å²) >= 11 is 4.15. The SMILES string of the molecule is CC(C)(C)c1nc(OC(=O)Oc2nc(C(C)(C)C)c(I)c3cc(C#N)c(F)cc23)c2cc(F)c(C#N)cc2c1I. The second kappa shape index (κ2) is 10.7. The lowest BCUT2D eigenvalue weighted by molar-refractivity contribution is 0.149. The molecule has 2 heterocycles. The summed E-state index contributed by atoms with van der Waals surface area (Å²) in [5.74, 6) is -2.01. The van der Waals surface area contributed by atoms with Crippen LogP contribution in [0, 0.1) is 41.4 Å². The maximum absolute atomic E-state index is 14.6. The van der Waals surface area contributed by atoms with Crippen molar-refractivity contribution in [2.24, 2.45) is 0 Å². The highest BCUT2D eigenvalue weighted by molar-refractivity contribution is 14.1. The van der Waals surface area contributed by atoms with Crippen LogP contribution >= 0.6 is 45.2 Å². The lowest BCUT2D eigenvalue weighted by Gasteiger charge is -2.23. The van der Waals surface area contributed by atoms with Crippen molar-refractivity contribution in [3.8, 4) is 23.9 Å². The molecule has 4 aromatic rings. The highest BCUT2D eigenvalue weighted by Crippen LogP contribution is 2.39. The molecule has 0 amide bonds. The number of aromatic nitrogens is 2. The van der Waals surface area contributed by atoms with Gasteiger partial charge in [0.25, 0.3) is 0 Å². The predicted octanol–water partition coefficient (Wildman–Crippen LogP) is 8.19. The Bertz CT molecular complexity index is 1680. The monoisotopic (exact) mass is 766 g/mol. The number of rotatable bonds is 2. The van der Waals surface area contributed by atoms with Crippen LogP contribution in [0.2, 0.25) is 0 Å². The summed E-state index contributed by atoms with van der Waals surface area (Å²) < 4.78 is 41.6. The van der Waals surface area contributed by atoms with Crippen LogP contribution in [0.15, 0.2) is 24.3 Å². The maximum atomic E-state index is 14.6. The molecule has 40 heavy (non-hydrogen) atoms. The highest BCUT2D eigenvalue weighted by atomic mass is 127. The Kier molecular flexibility index (Phi) is 7.95. The number of nitrogens with zero attached hydrogens (tertiary/aromatic N) is 4. The summed E-state index contributed by atoms with van der Waals surface area (Å²) in [6.45, 7) is 11.5. The van der Waals surface area contributed by atoms with E-state index in [2.05, 4.69) is 55.1 Å². The Labute approximate surface area is 256 Å². The largest absolute Gasteiger partial charge is 0.522 e. The fraction of sp³-hybridized carbons (Fsp3) is 0.276. The number of hydrogen-bond acceptors (Lipinski definition) is 7. The van der Waals surface area contributed by atoms with Gasteiger partial charge in [0.15, 0.2) is 0 Å². The van der Waals surface area contributed by atoms with Crippen LogP contribution in [0.1, 0.15) is 64.1 Å². The molecular formula is C29H22F2I2N4O3. The number of hydrogen-bond donors (Lipinski definition) is 0. The third-order valence-corrected chi connectivity index (χ3v) is 8.20. The number of carbonyl (C=O) groups excluding carboxylic acids is 1. The summed E-state index contributed by atoms with van der Waals surface area (Å²) in [5, 5.41) is 20.0. The van der Waals surface area contributed by atoms with E-state index in [0.29, 0.717) is 29.3 Å². The van der Waals surface area contributed by atoms with Gasteiger partial charge in [-0.25, -0.2) is 23.5 Å². The average molecular weight is 766 g/mol. The molecule has 2 aromatic carbocycles. The lowest BCUT2D eigenvalue weighted by atomic mass is 9.90. The van der Waals surface area contributed by atoms with Gasteiger partial charge < -0.3 is 9.47 Å². The van der Waals surface area contributed by atoms with Gasteiger partial charge in [-0.05, 0) is 69.4 Å². The topological polar surface area (TPSA) is 109 Å². The first kappa shape index (κ1) is 29.8. The van der Waals surface area contributed by atoms with Crippen LogP contribution in [0.5, 0.6) is 11.8 Å². The van der Waals surface area contributed by atoms with E-state index in [1.165, 1.54) is 12.1 Å². The zero-order chi connectivity index (χ0) is 29.7. The van der Waals surface area contributed by atoms with Gasteiger partial charge in [-0.2, -0.15) is 10.5 Å². The Morgan fingerprint density at radius 2 is 1.07 bits per heavy atom. The van der Waals surface area contributed by atoms with Crippen LogP contribution in [-0.2, 0) is 10.8 Å². The molecular weight excluding hydrogens is 744 g/mol. The molecule has 7 nitrogen and oxygen atoms in total. The van der Waals surface area contributed by atoms with Gasteiger partial charge in [0.2, 0.25) is 11.8 Å². The van der Waals surface area contributed by atoms with Gasteiger partial charge in [0.1, 0.15) is 23.8 Å². The molecule has 204 valence electrons. The van der Waals surface area contributed by atoms with E-state index < -0.39 is 28.6 Å². The van der Waals surface area contributed by atoms with Gasteiger partial charge in [-0.15, -0.1) is 0 Å². The quantitative estimate of drug-likeness (QED) is 0.150. The van der Waals surface area contributed by atoms with Gasteiger partial charge in [-0.3, -0.25) is 0 Å². The van der Waals surface area contributed by atoms with Crippen molar-refractivity contribution in [2.75, 3.05) is 0 Å². The van der Waals surface area contributed by atoms with E-state index >= 15 is 0 Å². The molecule has 11 heteroatoms. The van der Waals surface area contributed by atoms with Crippen molar-refractivity contribution in [1.82, 2.24) is 9.97 Å². The van der Waals surface area contributed by atoms with Crippen molar-refractivity contribution in [3.63, 3.8) is 0 Å². The van der Waals surface area contributed by atoms with Crippen LogP contribution in [0.25, 0.3) is 21.5 Å². The zero-order valence-electron chi connectivity index (χ0n) is 22.3. The predicted molar refractivity (Wildman–Crippen MR) is 162 cm³/mol. The third kappa shape index (κ3) is 5.54. The minimum Gasteiger partial charge on any atom is -0.375 e. The fourth-order valence-electron chi connectivity index (χ4n) is 4.04. The minimum absolute atomic E-state index is 0.159. The first-order chi connectivity index (χ1) is 18.6. The molecule has 0 saturated carbocycles. The molecule has 0 spiro atoms. The molecule has 0 aliphatic heterocycles. The summed E-state index contributed by atoms with van der Waals surface area (Å²) in [4.78, 5) is 22.2. The summed E-state index contributed by atoms with van der Waals surface area (Å²) in [6.07, 6.45) is -1.22. The number of halogens is 4. The highest BCUT2D eigenvalue weighted by Gasteiger charge is 2.28. The Morgan fingerprint density at radius 1 is 0.725 bits per heavy atom. The second-order valence-corrected chi connectivity index (χ2v) is 13.2. The molecule has 0 aliphatic carbocycles. The molecule has 0 fully saturated rings.